The van der Waals surface area contributed by atoms with Crippen molar-refractivity contribution in [3.05, 3.63) is 54.1 Å². The van der Waals surface area contributed by atoms with Gasteiger partial charge in [0.2, 0.25) is 10.0 Å². The molecular formula is C27H35N3O4S. The molecule has 1 saturated carbocycles. The van der Waals surface area contributed by atoms with E-state index >= 15 is 0 Å². The third-order valence-corrected chi connectivity index (χ3v) is 9.51. The normalized spacial score (nSPS) is 26.5. The molecule has 2 aromatic rings. The Morgan fingerprint density at radius 3 is 2.40 bits per heavy atom. The van der Waals surface area contributed by atoms with E-state index in [-0.39, 0.29) is 27.7 Å². The van der Waals surface area contributed by atoms with Gasteiger partial charge in [0.15, 0.2) is 0 Å². The number of carbonyl (C=O) groups is 1. The zero-order chi connectivity index (χ0) is 24.8. The first-order chi connectivity index (χ1) is 16.6. The van der Waals surface area contributed by atoms with E-state index in [4.69, 9.17) is 4.74 Å². The number of amides is 1. The van der Waals surface area contributed by atoms with Crippen LogP contribution in [0.1, 0.15) is 50.4 Å². The van der Waals surface area contributed by atoms with Gasteiger partial charge in [-0.05, 0) is 66.5 Å². The summed E-state index contributed by atoms with van der Waals surface area (Å²) in [7, 11) is -3.62. The summed E-state index contributed by atoms with van der Waals surface area (Å²) >= 11 is 0. The van der Waals surface area contributed by atoms with Gasteiger partial charge in [0.1, 0.15) is 0 Å². The minimum Gasteiger partial charge on any atom is -0.378 e. The lowest BCUT2D eigenvalue weighted by Crippen LogP contribution is -2.37. The van der Waals surface area contributed by atoms with E-state index in [1.807, 2.05) is 24.3 Å². The van der Waals surface area contributed by atoms with Crippen molar-refractivity contribution >= 4 is 27.3 Å². The number of anilines is 2. The maximum atomic E-state index is 13.5. The Kier molecular flexibility index (Phi) is 6.18. The number of ether oxygens (including phenoxy) is 1. The molecule has 0 aromatic heterocycles. The van der Waals surface area contributed by atoms with Gasteiger partial charge >= 0.3 is 0 Å². The number of benzene rings is 2. The number of hydrogen-bond acceptors (Lipinski definition) is 5. The molecule has 2 heterocycles. The SMILES string of the molecule is CC1(C)CC2CC(C)(CN2S(=O)(=O)c2ccc(C(=O)Nc3ccccc3N3CCOCC3)cc2)C1. The zero-order valence-electron chi connectivity index (χ0n) is 20.8. The topological polar surface area (TPSA) is 79.0 Å². The second-order valence-electron chi connectivity index (χ2n) is 11.4. The smallest absolute Gasteiger partial charge is 0.255 e. The molecule has 0 spiro atoms. The van der Waals surface area contributed by atoms with Crippen LogP contribution in [0.25, 0.3) is 0 Å². The molecule has 3 fully saturated rings. The molecule has 1 amide bonds. The molecule has 5 rings (SSSR count). The van der Waals surface area contributed by atoms with Gasteiger partial charge in [-0.15, -0.1) is 0 Å². The number of nitrogens with zero attached hydrogens (tertiary/aromatic N) is 2. The fraction of sp³-hybridized carbons (Fsp3) is 0.519. The average molecular weight is 498 g/mol. The highest BCUT2D eigenvalue weighted by Gasteiger charge is 2.53. The Labute approximate surface area is 208 Å². The highest BCUT2D eigenvalue weighted by molar-refractivity contribution is 7.89. The van der Waals surface area contributed by atoms with Gasteiger partial charge in [-0.2, -0.15) is 4.31 Å². The van der Waals surface area contributed by atoms with E-state index in [1.165, 1.54) is 0 Å². The Balaban J connectivity index is 1.32. The van der Waals surface area contributed by atoms with Crippen molar-refractivity contribution in [2.45, 2.75) is 51.0 Å². The van der Waals surface area contributed by atoms with E-state index in [1.54, 1.807) is 28.6 Å². The molecule has 7 nitrogen and oxygen atoms in total. The molecule has 1 aliphatic carbocycles. The number of rotatable bonds is 5. The predicted octanol–water partition coefficient (Wildman–Crippen LogP) is 4.36. The van der Waals surface area contributed by atoms with Gasteiger partial charge in [-0.25, -0.2) is 8.42 Å². The summed E-state index contributed by atoms with van der Waals surface area (Å²) in [5.74, 6) is -0.263. The van der Waals surface area contributed by atoms with E-state index in [2.05, 4.69) is 31.0 Å². The molecule has 188 valence electrons. The quantitative estimate of drug-likeness (QED) is 0.664. The summed E-state index contributed by atoms with van der Waals surface area (Å²) in [6, 6.07) is 14.1. The number of fused-ring (bicyclic) bond motifs is 2. The van der Waals surface area contributed by atoms with Crippen LogP contribution in [0, 0.1) is 10.8 Å². The molecular weight excluding hydrogens is 462 g/mol. The summed E-state index contributed by atoms with van der Waals surface area (Å²) in [6.07, 6.45) is 2.83. The van der Waals surface area contributed by atoms with E-state index in [0.717, 1.165) is 43.7 Å². The standard InChI is InChI=1S/C27H35N3O4S/c1-26(2)16-21-17-27(3,18-26)19-30(21)35(32,33)22-10-8-20(9-11-22)25(31)28-23-6-4-5-7-24(23)29-12-14-34-15-13-29/h4-11,21H,12-19H2,1-3H3,(H,28,31). The largest absolute Gasteiger partial charge is 0.378 e. The third-order valence-electron chi connectivity index (χ3n) is 7.59. The third kappa shape index (κ3) is 4.84. The number of sulfonamides is 1. The van der Waals surface area contributed by atoms with Crippen LogP contribution in [0.4, 0.5) is 11.4 Å². The van der Waals surface area contributed by atoms with Gasteiger partial charge < -0.3 is 15.0 Å². The molecule has 8 heteroatoms. The van der Waals surface area contributed by atoms with Crippen LogP contribution >= 0.6 is 0 Å². The molecule has 2 saturated heterocycles. The molecule has 2 aliphatic heterocycles. The zero-order valence-corrected chi connectivity index (χ0v) is 21.6. The van der Waals surface area contributed by atoms with Crippen LogP contribution in [-0.4, -0.2) is 57.5 Å². The summed E-state index contributed by atoms with van der Waals surface area (Å²) < 4.78 is 34.2. The van der Waals surface area contributed by atoms with Crippen molar-refractivity contribution < 1.29 is 17.9 Å². The Bertz CT molecular complexity index is 1210. The highest BCUT2D eigenvalue weighted by Crippen LogP contribution is 2.53. The first kappa shape index (κ1) is 24.3. The van der Waals surface area contributed by atoms with Crippen molar-refractivity contribution in [1.29, 1.82) is 0 Å². The van der Waals surface area contributed by atoms with E-state index in [9.17, 15) is 13.2 Å². The molecule has 1 N–H and O–H groups in total. The molecule has 2 aromatic carbocycles. The number of morpholine rings is 1. The second kappa shape index (κ2) is 8.91. The Morgan fingerprint density at radius 1 is 1.00 bits per heavy atom. The summed E-state index contributed by atoms with van der Waals surface area (Å²) in [5, 5.41) is 3.00. The van der Waals surface area contributed by atoms with Gasteiger partial charge in [-0.3, -0.25) is 4.79 Å². The highest BCUT2D eigenvalue weighted by atomic mass is 32.2. The molecule has 3 aliphatic rings. The number of nitrogens with one attached hydrogen (secondary N) is 1. The maximum absolute atomic E-state index is 13.5. The minimum atomic E-state index is -3.62. The lowest BCUT2D eigenvalue weighted by Gasteiger charge is -2.39. The number of hydrogen-bond donors (Lipinski definition) is 1. The van der Waals surface area contributed by atoms with Crippen LogP contribution < -0.4 is 10.2 Å². The molecule has 35 heavy (non-hydrogen) atoms. The monoisotopic (exact) mass is 497 g/mol. The lowest BCUT2D eigenvalue weighted by molar-refractivity contribution is 0.102. The van der Waals surface area contributed by atoms with Crippen molar-refractivity contribution in [3.8, 4) is 0 Å². The van der Waals surface area contributed by atoms with E-state index in [0.29, 0.717) is 25.3 Å². The summed E-state index contributed by atoms with van der Waals surface area (Å²) in [5.41, 5.74) is 2.28. The lowest BCUT2D eigenvalue weighted by atomic mass is 9.65. The van der Waals surface area contributed by atoms with Crippen molar-refractivity contribution in [3.63, 3.8) is 0 Å². The maximum Gasteiger partial charge on any atom is 0.255 e. The molecule has 2 unspecified atom stereocenters. The van der Waals surface area contributed by atoms with Crippen LogP contribution in [0.5, 0.6) is 0 Å². The summed E-state index contributed by atoms with van der Waals surface area (Å²) in [4.78, 5) is 15.5. The van der Waals surface area contributed by atoms with Crippen LogP contribution in [0.15, 0.2) is 53.4 Å². The molecule has 2 atom stereocenters. The van der Waals surface area contributed by atoms with Gasteiger partial charge in [-0.1, -0.05) is 32.9 Å². The Hall–Kier alpha value is -2.42. The van der Waals surface area contributed by atoms with Crippen molar-refractivity contribution in [2.75, 3.05) is 43.1 Å². The molecule has 0 radical (unpaired) electrons. The summed E-state index contributed by atoms with van der Waals surface area (Å²) in [6.45, 7) is 10.1. The van der Waals surface area contributed by atoms with Crippen LogP contribution in [-0.2, 0) is 14.8 Å². The average Bonchev–Trinajstić information content (AvgIpc) is 3.09. The first-order valence-corrected chi connectivity index (χ1v) is 13.9. The second-order valence-corrected chi connectivity index (χ2v) is 13.2. The fourth-order valence-corrected chi connectivity index (χ4v) is 8.23. The first-order valence-electron chi connectivity index (χ1n) is 12.4. The van der Waals surface area contributed by atoms with Gasteiger partial charge in [0.25, 0.3) is 5.91 Å². The fourth-order valence-electron chi connectivity index (χ4n) is 6.46. The van der Waals surface area contributed by atoms with Crippen LogP contribution in [0.3, 0.4) is 0 Å². The van der Waals surface area contributed by atoms with Gasteiger partial charge in [0.05, 0.1) is 29.5 Å². The molecule has 2 bridgehead atoms. The number of carbonyl (C=O) groups excluding carboxylic acids is 1. The van der Waals surface area contributed by atoms with Gasteiger partial charge in [0, 0.05) is 31.2 Å². The van der Waals surface area contributed by atoms with Crippen molar-refractivity contribution in [2.24, 2.45) is 10.8 Å². The minimum absolute atomic E-state index is 0.0210. The predicted molar refractivity (Wildman–Crippen MR) is 137 cm³/mol. The van der Waals surface area contributed by atoms with Crippen LogP contribution in [0.2, 0.25) is 0 Å². The van der Waals surface area contributed by atoms with Crippen molar-refractivity contribution in [1.82, 2.24) is 4.31 Å². The van der Waals surface area contributed by atoms with E-state index < -0.39 is 10.0 Å². The Morgan fingerprint density at radius 2 is 1.69 bits per heavy atom. The number of para-hydroxylation sites is 2.